The Morgan fingerprint density at radius 3 is 3.00 bits per heavy atom. The van der Waals surface area contributed by atoms with E-state index >= 15 is 0 Å². The molecule has 2 N–H and O–H groups in total. The molecule has 6 heteroatoms. The summed E-state index contributed by atoms with van der Waals surface area (Å²) in [6.07, 6.45) is 4.98. The Morgan fingerprint density at radius 1 is 1.33 bits per heavy atom. The number of nitrogen functional groups attached to an aromatic ring is 1. The van der Waals surface area contributed by atoms with E-state index in [2.05, 4.69) is 21.1 Å². The predicted octanol–water partition coefficient (Wildman–Crippen LogP) is 1.25. The Morgan fingerprint density at radius 2 is 2.22 bits per heavy atom. The molecule has 0 atom stereocenters. The molecule has 18 heavy (non-hydrogen) atoms. The minimum Gasteiger partial charge on any atom is -0.384 e. The summed E-state index contributed by atoms with van der Waals surface area (Å²) in [7, 11) is 0. The van der Waals surface area contributed by atoms with Crippen molar-refractivity contribution in [1.82, 2.24) is 19.6 Å². The molecule has 0 aliphatic rings. The van der Waals surface area contributed by atoms with E-state index in [9.17, 15) is 0 Å². The fourth-order valence-electron chi connectivity index (χ4n) is 1.72. The number of hydrogen-bond donors (Lipinski definition) is 1. The Labute approximate surface area is 102 Å². The van der Waals surface area contributed by atoms with Gasteiger partial charge >= 0.3 is 0 Å². The van der Waals surface area contributed by atoms with Gasteiger partial charge in [0.1, 0.15) is 5.82 Å². The molecule has 0 spiro atoms. The van der Waals surface area contributed by atoms with Gasteiger partial charge in [-0.25, -0.2) is 14.5 Å². The van der Waals surface area contributed by atoms with Gasteiger partial charge in [-0.3, -0.25) is 0 Å². The predicted molar refractivity (Wildman–Crippen MR) is 65.3 cm³/mol. The molecule has 0 amide bonds. The van der Waals surface area contributed by atoms with Crippen LogP contribution in [0.5, 0.6) is 0 Å². The fraction of sp³-hybridized carbons (Fsp3) is 0. The second-order valence-electron chi connectivity index (χ2n) is 3.72. The van der Waals surface area contributed by atoms with Gasteiger partial charge in [0.05, 0.1) is 28.9 Å². The molecule has 3 aromatic heterocycles. The van der Waals surface area contributed by atoms with Crippen molar-refractivity contribution < 1.29 is 0 Å². The van der Waals surface area contributed by atoms with Gasteiger partial charge in [-0.15, -0.1) is 0 Å². The van der Waals surface area contributed by atoms with Gasteiger partial charge in [0, 0.05) is 12.4 Å². The van der Waals surface area contributed by atoms with Crippen molar-refractivity contribution in [3.8, 4) is 17.5 Å². The summed E-state index contributed by atoms with van der Waals surface area (Å²) < 4.78 is 1.67. The van der Waals surface area contributed by atoms with Crippen LogP contribution in [0.4, 0.5) is 5.82 Å². The van der Waals surface area contributed by atoms with E-state index in [-0.39, 0.29) is 0 Å². The van der Waals surface area contributed by atoms with Crippen LogP contribution in [0.3, 0.4) is 0 Å². The van der Waals surface area contributed by atoms with Crippen molar-refractivity contribution in [3.63, 3.8) is 0 Å². The van der Waals surface area contributed by atoms with Gasteiger partial charge in [0.2, 0.25) is 0 Å². The van der Waals surface area contributed by atoms with E-state index in [1.807, 2.05) is 0 Å². The zero-order chi connectivity index (χ0) is 12.5. The van der Waals surface area contributed by atoms with Gasteiger partial charge in [0.15, 0.2) is 5.82 Å². The summed E-state index contributed by atoms with van der Waals surface area (Å²) >= 11 is 0. The van der Waals surface area contributed by atoms with E-state index in [1.54, 1.807) is 41.3 Å². The number of rotatable bonds is 1. The van der Waals surface area contributed by atoms with Gasteiger partial charge < -0.3 is 5.73 Å². The summed E-state index contributed by atoms with van der Waals surface area (Å²) in [4.78, 5) is 8.31. The maximum atomic E-state index is 8.91. The Balaban J connectivity index is 2.27. The quantitative estimate of drug-likeness (QED) is 0.686. The van der Waals surface area contributed by atoms with Crippen LogP contribution in [0.15, 0.2) is 36.8 Å². The summed E-state index contributed by atoms with van der Waals surface area (Å²) in [5, 5.41) is 13.1. The lowest BCUT2D eigenvalue weighted by Crippen LogP contribution is -1.94. The first-order valence-corrected chi connectivity index (χ1v) is 5.24. The third-order valence-electron chi connectivity index (χ3n) is 2.57. The normalized spacial score (nSPS) is 10.4. The Kier molecular flexibility index (Phi) is 2.17. The van der Waals surface area contributed by atoms with Crippen molar-refractivity contribution >= 4 is 11.3 Å². The lowest BCUT2D eigenvalue weighted by Gasteiger charge is -1.99. The van der Waals surface area contributed by atoms with Crippen LogP contribution < -0.4 is 5.73 Å². The van der Waals surface area contributed by atoms with Crippen LogP contribution in [0.2, 0.25) is 0 Å². The Bertz CT molecular complexity index is 768. The van der Waals surface area contributed by atoms with Crippen molar-refractivity contribution in [3.05, 3.63) is 42.4 Å². The summed E-state index contributed by atoms with van der Waals surface area (Å²) in [6.45, 7) is 0. The number of fused-ring (bicyclic) bond motifs is 1. The standard InChI is InChI=1S/C12H8N6/c13-6-8-2-4-18-10(5-8)9(7-16-18)12-15-3-1-11(14)17-12/h1-5,7H,(H2,14,15,17). The molecule has 3 aromatic rings. The van der Waals surface area contributed by atoms with Crippen LogP contribution in [0, 0.1) is 11.3 Å². The third-order valence-corrected chi connectivity index (χ3v) is 2.57. The molecule has 0 fully saturated rings. The van der Waals surface area contributed by atoms with Crippen LogP contribution in [-0.4, -0.2) is 19.6 Å². The van der Waals surface area contributed by atoms with E-state index in [1.165, 1.54) is 0 Å². The third kappa shape index (κ3) is 1.55. The number of aromatic nitrogens is 4. The van der Waals surface area contributed by atoms with Gasteiger partial charge in [0.25, 0.3) is 0 Å². The van der Waals surface area contributed by atoms with Crippen LogP contribution in [-0.2, 0) is 0 Å². The highest BCUT2D eigenvalue weighted by Crippen LogP contribution is 2.22. The first-order valence-electron chi connectivity index (χ1n) is 5.24. The molecular weight excluding hydrogens is 228 g/mol. The van der Waals surface area contributed by atoms with Gasteiger partial charge in [-0.2, -0.15) is 10.4 Å². The van der Waals surface area contributed by atoms with Crippen molar-refractivity contribution in [2.75, 3.05) is 5.73 Å². The largest absolute Gasteiger partial charge is 0.384 e. The number of nitrogens with zero attached hydrogens (tertiary/aromatic N) is 5. The maximum Gasteiger partial charge on any atom is 0.165 e. The highest BCUT2D eigenvalue weighted by atomic mass is 15.2. The van der Waals surface area contributed by atoms with Crippen LogP contribution in [0.25, 0.3) is 16.9 Å². The maximum absolute atomic E-state index is 8.91. The molecule has 0 aliphatic heterocycles. The highest BCUT2D eigenvalue weighted by Gasteiger charge is 2.09. The zero-order valence-corrected chi connectivity index (χ0v) is 9.28. The topological polar surface area (TPSA) is 92.9 Å². The minimum absolute atomic E-state index is 0.399. The Hall–Kier alpha value is -2.94. The molecule has 6 nitrogen and oxygen atoms in total. The molecule has 3 rings (SSSR count). The van der Waals surface area contributed by atoms with E-state index < -0.39 is 0 Å². The minimum atomic E-state index is 0.399. The second-order valence-corrected chi connectivity index (χ2v) is 3.72. The van der Waals surface area contributed by atoms with Gasteiger partial charge in [-0.05, 0) is 18.2 Å². The first kappa shape index (κ1) is 10.2. The lowest BCUT2D eigenvalue weighted by atomic mass is 10.2. The molecule has 86 valence electrons. The fourth-order valence-corrected chi connectivity index (χ4v) is 1.72. The average Bonchev–Trinajstić information content (AvgIpc) is 2.81. The molecule has 0 bridgehead atoms. The van der Waals surface area contributed by atoms with E-state index in [0.29, 0.717) is 17.2 Å². The molecule has 0 aromatic carbocycles. The van der Waals surface area contributed by atoms with Gasteiger partial charge in [-0.1, -0.05) is 0 Å². The number of nitriles is 1. The van der Waals surface area contributed by atoms with Crippen LogP contribution >= 0.6 is 0 Å². The van der Waals surface area contributed by atoms with E-state index in [0.717, 1.165) is 11.1 Å². The van der Waals surface area contributed by atoms with E-state index in [4.69, 9.17) is 11.0 Å². The first-order chi connectivity index (χ1) is 8.78. The number of nitrogens with two attached hydrogens (primary N) is 1. The molecule has 0 radical (unpaired) electrons. The van der Waals surface area contributed by atoms with Crippen molar-refractivity contribution in [2.24, 2.45) is 0 Å². The number of anilines is 1. The van der Waals surface area contributed by atoms with Crippen LogP contribution in [0.1, 0.15) is 5.56 Å². The summed E-state index contributed by atoms with van der Waals surface area (Å²) in [5.74, 6) is 0.899. The highest BCUT2D eigenvalue weighted by molar-refractivity contribution is 5.76. The SMILES string of the molecule is N#Cc1ccn2ncc(-c3nccc(N)n3)c2c1. The molecule has 3 heterocycles. The number of hydrogen-bond acceptors (Lipinski definition) is 5. The monoisotopic (exact) mass is 236 g/mol. The molecule has 0 aliphatic carbocycles. The molecule has 0 saturated carbocycles. The second kappa shape index (κ2) is 3.82. The zero-order valence-electron chi connectivity index (χ0n) is 9.28. The number of pyridine rings is 1. The molecule has 0 saturated heterocycles. The summed E-state index contributed by atoms with van der Waals surface area (Å²) in [5.41, 5.74) is 7.72. The molecular formula is C12H8N6. The molecule has 0 unspecified atom stereocenters. The smallest absolute Gasteiger partial charge is 0.165 e. The summed E-state index contributed by atoms with van der Waals surface area (Å²) in [6, 6.07) is 7.16. The van der Waals surface area contributed by atoms with Crippen molar-refractivity contribution in [2.45, 2.75) is 0 Å². The average molecular weight is 236 g/mol. The van der Waals surface area contributed by atoms with Crippen molar-refractivity contribution in [1.29, 1.82) is 5.26 Å². The lowest BCUT2D eigenvalue weighted by molar-refractivity contribution is 0.960.